The minimum absolute atomic E-state index is 0.0427. The molecule has 3 nitrogen and oxygen atoms in total. The van der Waals surface area contributed by atoms with Gasteiger partial charge >= 0.3 is 0 Å². The Labute approximate surface area is 113 Å². The molecule has 0 bridgehead atoms. The van der Waals surface area contributed by atoms with Gasteiger partial charge in [0.2, 0.25) is 5.91 Å². The van der Waals surface area contributed by atoms with Gasteiger partial charge in [0.1, 0.15) is 5.78 Å². The van der Waals surface area contributed by atoms with Gasteiger partial charge in [-0.25, -0.2) is 0 Å². The van der Waals surface area contributed by atoms with Crippen molar-refractivity contribution in [2.75, 3.05) is 11.9 Å². The number of Topliss-reactive ketones (excluding diaryl/α,β-unsaturated/α-hetero) is 1. The third-order valence-corrected chi connectivity index (χ3v) is 3.39. The molecular formula is C14H19NO2S. The van der Waals surface area contributed by atoms with Gasteiger partial charge < -0.3 is 4.90 Å². The molecule has 0 aliphatic rings. The first-order valence-corrected chi connectivity index (χ1v) is 6.81. The Balaban J connectivity index is 2.72. The number of carbonyl (C=O) groups is 2. The van der Waals surface area contributed by atoms with E-state index in [4.69, 9.17) is 0 Å². The first kappa shape index (κ1) is 14.8. The first-order chi connectivity index (χ1) is 8.40. The van der Waals surface area contributed by atoms with Crippen molar-refractivity contribution in [3.63, 3.8) is 0 Å². The van der Waals surface area contributed by atoms with E-state index in [1.807, 2.05) is 24.3 Å². The quantitative estimate of drug-likeness (QED) is 0.606. The van der Waals surface area contributed by atoms with Gasteiger partial charge in [0.15, 0.2) is 0 Å². The summed E-state index contributed by atoms with van der Waals surface area (Å²) < 4.78 is 0. The molecule has 0 atom stereocenters. The maximum Gasteiger partial charge on any atom is 0.234 e. The van der Waals surface area contributed by atoms with Crippen molar-refractivity contribution < 1.29 is 9.59 Å². The largest absolute Gasteiger partial charge is 0.315 e. The molecule has 1 amide bonds. The van der Waals surface area contributed by atoms with Gasteiger partial charge in [-0.1, -0.05) is 13.8 Å². The van der Waals surface area contributed by atoms with Crippen LogP contribution in [-0.2, 0) is 9.59 Å². The van der Waals surface area contributed by atoms with Crippen LogP contribution in [0, 0.1) is 0 Å². The standard InChI is InChI=1S/C14H19NO2S/c1-10(2)18-13-7-5-12(6-8-13)15(4)14(17)9-11(3)16/h5-8,10H,9H2,1-4H3. The fourth-order valence-corrected chi connectivity index (χ4v) is 2.33. The van der Waals surface area contributed by atoms with Crippen LogP contribution in [0.15, 0.2) is 29.2 Å². The Hall–Kier alpha value is -1.29. The molecular weight excluding hydrogens is 246 g/mol. The van der Waals surface area contributed by atoms with E-state index in [9.17, 15) is 9.59 Å². The molecule has 0 unspecified atom stereocenters. The minimum Gasteiger partial charge on any atom is -0.315 e. The van der Waals surface area contributed by atoms with Crippen molar-refractivity contribution in [2.24, 2.45) is 0 Å². The van der Waals surface area contributed by atoms with Gasteiger partial charge in [0.25, 0.3) is 0 Å². The molecule has 0 aliphatic carbocycles. The lowest BCUT2D eigenvalue weighted by Crippen LogP contribution is -2.27. The molecule has 0 spiro atoms. The second-order valence-corrected chi connectivity index (χ2v) is 6.14. The van der Waals surface area contributed by atoms with E-state index in [1.54, 1.807) is 18.8 Å². The predicted octanol–water partition coefficient (Wildman–Crippen LogP) is 3.13. The third kappa shape index (κ3) is 4.53. The number of anilines is 1. The van der Waals surface area contributed by atoms with Crippen LogP contribution in [0.1, 0.15) is 27.2 Å². The van der Waals surface area contributed by atoms with Crippen LogP contribution in [0.3, 0.4) is 0 Å². The average Bonchev–Trinajstić information content (AvgIpc) is 2.27. The molecule has 0 saturated heterocycles. The number of hydrogen-bond acceptors (Lipinski definition) is 3. The van der Waals surface area contributed by atoms with E-state index in [1.165, 1.54) is 16.7 Å². The van der Waals surface area contributed by atoms with E-state index in [0.717, 1.165) is 5.69 Å². The van der Waals surface area contributed by atoms with Crippen LogP contribution in [-0.4, -0.2) is 24.0 Å². The van der Waals surface area contributed by atoms with Crippen molar-refractivity contribution in [2.45, 2.75) is 37.3 Å². The summed E-state index contributed by atoms with van der Waals surface area (Å²) in [5.41, 5.74) is 0.814. The molecule has 1 rings (SSSR count). The second-order valence-electron chi connectivity index (χ2n) is 4.49. The summed E-state index contributed by atoms with van der Waals surface area (Å²) >= 11 is 1.78. The topological polar surface area (TPSA) is 37.4 Å². The number of ketones is 1. The number of benzene rings is 1. The molecule has 0 heterocycles. The van der Waals surface area contributed by atoms with Gasteiger partial charge in [0, 0.05) is 22.9 Å². The summed E-state index contributed by atoms with van der Waals surface area (Å²) in [6, 6.07) is 7.81. The van der Waals surface area contributed by atoms with Gasteiger partial charge in [-0.05, 0) is 31.2 Å². The monoisotopic (exact) mass is 265 g/mol. The maximum absolute atomic E-state index is 11.7. The predicted molar refractivity (Wildman–Crippen MR) is 76.1 cm³/mol. The molecule has 0 N–H and O–H groups in total. The Kier molecular flexibility index (Phi) is 5.41. The zero-order chi connectivity index (χ0) is 13.7. The fraction of sp³-hybridized carbons (Fsp3) is 0.429. The molecule has 0 saturated carbocycles. The summed E-state index contributed by atoms with van der Waals surface area (Å²) in [7, 11) is 1.69. The number of hydrogen-bond donors (Lipinski definition) is 0. The average molecular weight is 265 g/mol. The maximum atomic E-state index is 11.7. The highest BCUT2D eigenvalue weighted by molar-refractivity contribution is 7.99. The number of nitrogens with zero attached hydrogens (tertiary/aromatic N) is 1. The molecule has 98 valence electrons. The van der Waals surface area contributed by atoms with E-state index in [2.05, 4.69) is 13.8 Å². The van der Waals surface area contributed by atoms with Crippen molar-refractivity contribution >= 4 is 29.1 Å². The highest BCUT2D eigenvalue weighted by atomic mass is 32.2. The SMILES string of the molecule is CC(=O)CC(=O)N(C)c1ccc(SC(C)C)cc1. The summed E-state index contributed by atoms with van der Waals surface area (Å²) in [5, 5.41) is 0.535. The second kappa shape index (κ2) is 6.59. The lowest BCUT2D eigenvalue weighted by atomic mass is 10.2. The Morgan fingerprint density at radius 3 is 2.22 bits per heavy atom. The van der Waals surface area contributed by atoms with E-state index in [-0.39, 0.29) is 18.1 Å². The van der Waals surface area contributed by atoms with E-state index < -0.39 is 0 Å². The third-order valence-electron chi connectivity index (χ3n) is 2.37. The van der Waals surface area contributed by atoms with E-state index in [0.29, 0.717) is 5.25 Å². The molecule has 0 fully saturated rings. The molecule has 1 aromatic rings. The van der Waals surface area contributed by atoms with Crippen molar-refractivity contribution in [1.82, 2.24) is 0 Å². The van der Waals surface area contributed by atoms with Crippen LogP contribution in [0.5, 0.6) is 0 Å². The van der Waals surface area contributed by atoms with Crippen LogP contribution in [0.25, 0.3) is 0 Å². The summed E-state index contributed by atoms with van der Waals surface area (Å²) in [6.07, 6.45) is -0.0427. The Morgan fingerprint density at radius 2 is 1.78 bits per heavy atom. The molecule has 0 aliphatic heterocycles. The molecule has 1 aromatic carbocycles. The number of thioether (sulfide) groups is 1. The lowest BCUT2D eigenvalue weighted by Gasteiger charge is -2.17. The van der Waals surface area contributed by atoms with Crippen molar-refractivity contribution in [3.05, 3.63) is 24.3 Å². The molecule has 4 heteroatoms. The number of amides is 1. The molecule has 0 aromatic heterocycles. The highest BCUT2D eigenvalue weighted by Crippen LogP contribution is 2.25. The number of carbonyl (C=O) groups excluding carboxylic acids is 2. The zero-order valence-corrected chi connectivity index (χ0v) is 12.1. The summed E-state index contributed by atoms with van der Waals surface area (Å²) in [5.74, 6) is -0.286. The summed E-state index contributed by atoms with van der Waals surface area (Å²) in [6.45, 7) is 5.70. The minimum atomic E-state index is -0.174. The first-order valence-electron chi connectivity index (χ1n) is 5.93. The molecule has 18 heavy (non-hydrogen) atoms. The Bertz CT molecular complexity index is 426. The van der Waals surface area contributed by atoms with Crippen LogP contribution < -0.4 is 4.90 Å². The van der Waals surface area contributed by atoms with Crippen molar-refractivity contribution in [1.29, 1.82) is 0 Å². The summed E-state index contributed by atoms with van der Waals surface area (Å²) in [4.78, 5) is 25.3. The van der Waals surface area contributed by atoms with Crippen LogP contribution in [0.4, 0.5) is 5.69 Å². The smallest absolute Gasteiger partial charge is 0.234 e. The normalized spacial score (nSPS) is 10.5. The van der Waals surface area contributed by atoms with E-state index >= 15 is 0 Å². The van der Waals surface area contributed by atoms with Crippen LogP contribution in [0.2, 0.25) is 0 Å². The van der Waals surface area contributed by atoms with Gasteiger partial charge in [-0.2, -0.15) is 0 Å². The zero-order valence-electron chi connectivity index (χ0n) is 11.3. The highest BCUT2D eigenvalue weighted by Gasteiger charge is 2.12. The fourth-order valence-electron chi connectivity index (χ4n) is 1.50. The van der Waals surface area contributed by atoms with Crippen LogP contribution >= 0.6 is 11.8 Å². The van der Waals surface area contributed by atoms with Gasteiger partial charge in [0.05, 0.1) is 6.42 Å². The number of rotatable bonds is 5. The molecule has 0 radical (unpaired) electrons. The van der Waals surface area contributed by atoms with Gasteiger partial charge in [-0.3, -0.25) is 9.59 Å². The lowest BCUT2D eigenvalue weighted by molar-refractivity contribution is -0.125. The van der Waals surface area contributed by atoms with Crippen molar-refractivity contribution in [3.8, 4) is 0 Å². The Morgan fingerprint density at radius 1 is 1.22 bits per heavy atom. The van der Waals surface area contributed by atoms with Gasteiger partial charge in [-0.15, -0.1) is 11.8 Å².